The first kappa shape index (κ1) is 23.3. The smallest absolute Gasteiger partial charge is 0.252 e. The zero-order chi connectivity index (χ0) is 26.1. The first-order valence-corrected chi connectivity index (χ1v) is 11.7. The van der Waals surface area contributed by atoms with Gasteiger partial charge in [-0.15, -0.1) is 5.10 Å². The van der Waals surface area contributed by atoms with Gasteiger partial charge in [0, 0.05) is 6.20 Å². The van der Waals surface area contributed by atoms with Crippen molar-refractivity contribution in [3.05, 3.63) is 77.2 Å². The fraction of sp³-hybridized carbons (Fsp3) is 0.308. The molecule has 11 heteroatoms. The number of rotatable bonds is 5. The summed E-state index contributed by atoms with van der Waals surface area (Å²) < 4.78 is 34.4. The Bertz CT molecular complexity index is 1550. The highest BCUT2D eigenvalue weighted by atomic mass is 19.1. The summed E-state index contributed by atoms with van der Waals surface area (Å²) in [6.45, 7) is 4.24. The van der Waals surface area contributed by atoms with Gasteiger partial charge in [-0.2, -0.15) is 5.10 Å². The van der Waals surface area contributed by atoms with Crippen molar-refractivity contribution in [2.24, 2.45) is 11.1 Å². The third-order valence-electron chi connectivity index (χ3n) is 7.96. The number of aliphatic hydroxyl groups excluding tert-OH is 1. The number of fused-ring (bicyclic) bond motifs is 5. The quantitative estimate of drug-likeness (QED) is 0.420. The highest BCUT2D eigenvalue weighted by Gasteiger charge is 2.65. The minimum absolute atomic E-state index is 0.0286. The number of hydrogen-bond acceptors (Lipinski definition) is 8. The molecule has 0 radical (unpaired) electrons. The highest BCUT2D eigenvalue weighted by molar-refractivity contribution is 5.79. The molecule has 1 unspecified atom stereocenters. The van der Waals surface area contributed by atoms with Gasteiger partial charge in [0.15, 0.2) is 6.10 Å². The maximum absolute atomic E-state index is 14.5. The van der Waals surface area contributed by atoms with Crippen molar-refractivity contribution in [2.75, 3.05) is 0 Å². The van der Waals surface area contributed by atoms with Gasteiger partial charge in [0.2, 0.25) is 5.89 Å². The third-order valence-corrected chi connectivity index (χ3v) is 7.96. The number of carbonyl (C=O) groups is 1. The molecule has 1 fully saturated rings. The van der Waals surface area contributed by atoms with Gasteiger partial charge in [-0.05, 0) is 47.9 Å². The van der Waals surface area contributed by atoms with E-state index in [1.165, 1.54) is 24.4 Å². The summed E-state index contributed by atoms with van der Waals surface area (Å²) in [7, 11) is 0. The molecular formula is C26H22F2N6O3. The van der Waals surface area contributed by atoms with E-state index in [1.54, 1.807) is 12.3 Å². The van der Waals surface area contributed by atoms with E-state index < -0.39 is 29.1 Å². The van der Waals surface area contributed by atoms with E-state index in [9.17, 15) is 18.7 Å². The number of oxazole rings is 1. The van der Waals surface area contributed by atoms with Crippen LogP contribution in [0, 0.1) is 17.0 Å². The Balaban J connectivity index is 1.46. The summed E-state index contributed by atoms with van der Waals surface area (Å²) in [6, 6.07) is 5.44. The molecule has 0 saturated heterocycles. The van der Waals surface area contributed by atoms with Crippen LogP contribution in [0.3, 0.4) is 0 Å². The van der Waals surface area contributed by atoms with E-state index in [1.807, 2.05) is 0 Å². The number of amides is 1. The standard InChI is InChI=1S/C26H22F2N6O3/c1-25(2)13-6-7-26(25,22-12(13)8-16(33-34-22)20-14(27)4-3-5-15(20)28)19-10-30-9-17(31-19)24-32-18(11-37-24)21(35)23(29)36/h3-5,8-11,13,21,35H,6-7H2,1-2H3,(H2,29,36)/t13-,21?,26-/m0/s1. The SMILES string of the molecule is CC1(C)[C@H]2CC[C@]1(c1cncc(-c3nc(C(O)C(N)=O)co3)n1)c1nnc(-c3c(F)cccc3F)cc12. The van der Waals surface area contributed by atoms with Crippen molar-refractivity contribution in [3.8, 4) is 22.8 Å². The highest BCUT2D eigenvalue weighted by Crippen LogP contribution is 2.69. The average molecular weight is 504 g/mol. The Morgan fingerprint density at radius 2 is 1.92 bits per heavy atom. The molecule has 3 N–H and O–H groups in total. The van der Waals surface area contributed by atoms with E-state index in [0.29, 0.717) is 17.1 Å². The number of hydrogen-bond donors (Lipinski definition) is 2. The molecule has 0 aliphatic heterocycles. The lowest BCUT2D eigenvalue weighted by atomic mass is 9.66. The lowest BCUT2D eigenvalue weighted by Crippen LogP contribution is -2.38. The van der Waals surface area contributed by atoms with Gasteiger partial charge < -0.3 is 15.3 Å². The van der Waals surface area contributed by atoms with Crippen LogP contribution < -0.4 is 5.73 Å². The van der Waals surface area contributed by atoms with E-state index in [4.69, 9.17) is 15.1 Å². The van der Waals surface area contributed by atoms with Gasteiger partial charge in [0.1, 0.15) is 29.3 Å². The molecular weight excluding hydrogens is 482 g/mol. The van der Waals surface area contributed by atoms with Crippen molar-refractivity contribution in [1.82, 2.24) is 25.1 Å². The lowest BCUT2D eigenvalue weighted by molar-refractivity contribution is -0.126. The first-order valence-electron chi connectivity index (χ1n) is 11.7. The fourth-order valence-corrected chi connectivity index (χ4v) is 6.11. The summed E-state index contributed by atoms with van der Waals surface area (Å²) in [5.74, 6) is -2.21. The molecule has 3 heterocycles. The second kappa shape index (κ2) is 7.94. The largest absolute Gasteiger partial charge is 0.443 e. The number of carbonyl (C=O) groups excluding carboxylic acids is 1. The number of nitrogens with zero attached hydrogens (tertiary/aromatic N) is 5. The van der Waals surface area contributed by atoms with Crippen LogP contribution in [0.5, 0.6) is 0 Å². The summed E-state index contributed by atoms with van der Waals surface area (Å²) in [6.07, 6.45) is 4.23. The van der Waals surface area contributed by atoms with E-state index >= 15 is 0 Å². The molecule has 1 aromatic carbocycles. The Morgan fingerprint density at radius 1 is 1.16 bits per heavy atom. The molecule has 2 aliphatic carbocycles. The van der Waals surface area contributed by atoms with Gasteiger partial charge in [-0.25, -0.2) is 18.7 Å². The van der Waals surface area contributed by atoms with Gasteiger partial charge in [-0.3, -0.25) is 9.78 Å². The maximum atomic E-state index is 14.5. The Hall–Kier alpha value is -4.12. The molecule has 2 aliphatic rings. The van der Waals surface area contributed by atoms with Crippen LogP contribution in [0.4, 0.5) is 8.78 Å². The van der Waals surface area contributed by atoms with E-state index in [0.717, 1.165) is 24.7 Å². The molecule has 4 aromatic rings. The molecule has 0 spiro atoms. The van der Waals surface area contributed by atoms with Crippen LogP contribution in [0.1, 0.15) is 61.4 Å². The molecule has 1 saturated carbocycles. The van der Waals surface area contributed by atoms with E-state index in [-0.39, 0.29) is 34.2 Å². The first-order chi connectivity index (χ1) is 17.6. The predicted molar refractivity (Wildman–Crippen MR) is 126 cm³/mol. The zero-order valence-electron chi connectivity index (χ0n) is 19.9. The zero-order valence-corrected chi connectivity index (χ0v) is 19.9. The number of aromatic nitrogens is 5. The topological polar surface area (TPSA) is 141 Å². The van der Waals surface area contributed by atoms with Gasteiger partial charge in [-0.1, -0.05) is 19.9 Å². The van der Waals surface area contributed by atoms with Crippen LogP contribution in [0.2, 0.25) is 0 Å². The molecule has 2 bridgehead atoms. The van der Waals surface area contributed by atoms with Crippen molar-refractivity contribution < 1.29 is 23.1 Å². The van der Waals surface area contributed by atoms with Crippen LogP contribution in [0.15, 0.2) is 47.3 Å². The molecule has 37 heavy (non-hydrogen) atoms. The Labute approximate surface area is 209 Å². The third kappa shape index (κ3) is 3.16. The fourth-order valence-electron chi connectivity index (χ4n) is 6.11. The predicted octanol–water partition coefficient (Wildman–Crippen LogP) is 3.59. The van der Waals surface area contributed by atoms with Crippen LogP contribution >= 0.6 is 0 Å². The van der Waals surface area contributed by atoms with Crippen molar-refractivity contribution >= 4 is 5.91 Å². The van der Waals surface area contributed by atoms with Gasteiger partial charge in [0.25, 0.3) is 5.91 Å². The Kier molecular flexibility index (Phi) is 5.00. The number of benzene rings is 1. The summed E-state index contributed by atoms with van der Waals surface area (Å²) in [4.78, 5) is 24.6. The minimum atomic E-state index is -1.60. The van der Waals surface area contributed by atoms with Crippen LogP contribution in [-0.2, 0) is 10.2 Å². The molecule has 6 rings (SSSR count). The van der Waals surface area contributed by atoms with Crippen LogP contribution in [0.25, 0.3) is 22.8 Å². The maximum Gasteiger partial charge on any atom is 0.252 e. The van der Waals surface area contributed by atoms with Crippen molar-refractivity contribution in [3.63, 3.8) is 0 Å². The van der Waals surface area contributed by atoms with Crippen LogP contribution in [-0.4, -0.2) is 36.2 Å². The van der Waals surface area contributed by atoms with Crippen molar-refractivity contribution in [2.45, 2.75) is 44.1 Å². The molecule has 1 amide bonds. The number of aliphatic hydroxyl groups is 1. The second-order valence-electron chi connectivity index (χ2n) is 10.0. The minimum Gasteiger partial charge on any atom is -0.443 e. The summed E-state index contributed by atoms with van der Waals surface area (Å²) in [5, 5.41) is 18.6. The molecule has 188 valence electrons. The second-order valence-corrected chi connectivity index (χ2v) is 10.0. The Morgan fingerprint density at radius 3 is 2.65 bits per heavy atom. The summed E-state index contributed by atoms with van der Waals surface area (Å²) >= 11 is 0. The molecule has 9 nitrogen and oxygen atoms in total. The van der Waals surface area contributed by atoms with Crippen molar-refractivity contribution in [1.29, 1.82) is 0 Å². The molecule has 3 aromatic heterocycles. The lowest BCUT2D eigenvalue weighted by Gasteiger charge is -2.37. The number of nitrogens with two attached hydrogens (primary N) is 1. The summed E-state index contributed by atoms with van der Waals surface area (Å²) in [5.41, 5.74) is 6.59. The van der Waals surface area contributed by atoms with Gasteiger partial charge in [0.05, 0.1) is 34.3 Å². The number of halogens is 2. The number of primary amides is 1. The average Bonchev–Trinajstić information content (AvgIpc) is 3.52. The van der Waals surface area contributed by atoms with E-state index in [2.05, 4.69) is 34.0 Å². The van der Waals surface area contributed by atoms with Gasteiger partial charge >= 0.3 is 0 Å². The monoisotopic (exact) mass is 504 g/mol. The normalized spacial score (nSPS) is 22.1. The molecule has 3 atom stereocenters.